The highest BCUT2D eigenvalue weighted by Crippen LogP contribution is 2.33. The molecule has 0 radical (unpaired) electrons. The zero-order valence-electron chi connectivity index (χ0n) is 12.6. The van der Waals surface area contributed by atoms with Gasteiger partial charge in [-0.25, -0.2) is 5.43 Å². The molecule has 0 aliphatic rings. The first-order chi connectivity index (χ1) is 11.6. The molecule has 2 aromatic carbocycles. The molecular formula is C17H15Cl3N2O2. The predicted molar refractivity (Wildman–Crippen MR) is 98.4 cm³/mol. The van der Waals surface area contributed by atoms with Crippen LogP contribution in [0.3, 0.4) is 0 Å². The summed E-state index contributed by atoms with van der Waals surface area (Å²) in [6, 6.07) is 12.9. The molecule has 1 N–H and O–H groups in total. The first-order valence-electron chi connectivity index (χ1n) is 7.18. The molecule has 126 valence electrons. The number of amides is 1. The molecule has 24 heavy (non-hydrogen) atoms. The zero-order chi connectivity index (χ0) is 17.4. The molecule has 0 aromatic heterocycles. The Balaban J connectivity index is 1.72. The molecule has 7 heteroatoms. The van der Waals surface area contributed by atoms with Crippen molar-refractivity contribution in [2.45, 2.75) is 12.8 Å². The van der Waals surface area contributed by atoms with Gasteiger partial charge in [0.1, 0.15) is 5.75 Å². The Morgan fingerprint density at radius 1 is 1.08 bits per heavy atom. The Kier molecular flexibility index (Phi) is 7.37. The number of hydrogen-bond acceptors (Lipinski definition) is 3. The first kappa shape index (κ1) is 18.6. The maximum absolute atomic E-state index is 11.7. The molecule has 0 heterocycles. The number of carbonyl (C=O) groups excluding carboxylic acids is 1. The van der Waals surface area contributed by atoms with Crippen LogP contribution in [0.25, 0.3) is 0 Å². The van der Waals surface area contributed by atoms with Crippen molar-refractivity contribution in [2.24, 2.45) is 5.10 Å². The number of hydrazone groups is 1. The van der Waals surface area contributed by atoms with Gasteiger partial charge in [-0.3, -0.25) is 4.79 Å². The fourth-order valence-corrected chi connectivity index (χ4v) is 2.44. The van der Waals surface area contributed by atoms with Gasteiger partial charge in [-0.2, -0.15) is 5.10 Å². The second-order valence-corrected chi connectivity index (χ2v) is 6.08. The third kappa shape index (κ3) is 6.04. The van der Waals surface area contributed by atoms with Gasteiger partial charge in [0.2, 0.25) is 0 Å². The minimum absolute atomic E-state index is 0.228. The van der Waals surface area contributed by atoms with Gasteiger partial charge in [0, 0.05) is 12.3 Å². The van der Waals surface area contributed by atoms with E-state index < -0.39 is 5.91 Å². The topological polar surface area (TPSA) is 50.7 Å². The number of aryl methyl sites for hydroxylation is 1. The molecule has 0 spiro atoms. The van der Waals surface area contributed by atoms with E-state index in [0.29, 0.717) is 10.0 Å². The standard InChI is InChI=1S/C17H15Cl3N2O2/c18-13-9-15(20)16(10-14(13)19)24-11-17(23)22-21-8-4-7-12-5-2-1-3-6-12/h1-3,5-6,8-10H,4,7,11H2,(H,22,23). The van der Waals surface area contributed by atoms with Crippen LogP contribution >= 0.6 is 34.8 Å². The summed E-state index contributed by atoms with van der Waals surface area (Å²) >= 11 is 17.7. The number of nitrogens with zero attached hydrogens (tertiary/aromatic N) is 1. The Morgan fingerprint density at radius 3 is 2.54 bits per heavy atom. The molecule has 2 rings (SSSR count). The van der Waals surface area contributed by atoms with Crippen molar-refractivity contribution in [2.75, 3.05) is 6.61 Å². The molecule has 0 saturated carbocycles. The minimum Gasteiger partial charge on any atom is -0.482 e. The molecule has 0 unspecified atom stereocenters. The summed E-state index contributed by atoms with van der Waals surface area (Å²) < 4.78 is 5.30. The van der Waals surface area contributed by atoms with Crippen LogP contribution in [0.5, 0.6) is 5.75 Å². The summed E-state index contributed by atoms with van der Waals surface area (Å²) in [7, 11) is 0. The average molecular weight is 386 g/mol. The number of rotatable bonds is 7. The van der Waals surface area contributed by atoms with Crippen molar-refractivity contribution in [3.05, 3.63) is 63.1 Å². The van der Waals surface area contributed by atoms with Crippen LogP contribution in [0, 0.1) is 0 Å². The van der Waals surface area contributed by atoms with E-state index in [2.05, 4.69) is 10.5 Å². The molecule has 0 atom stereocenters. The van der Waals surface area contributed by atoms with Gasteiger partial charge in [-0.15, -0.1) is 0 Å². The number of benzene rings is 2. The maximum atomic E-state index is 11.7. The van der Waals surface area contributed by atoms with Crippen LogP contribution in [-0.2, 0) is 11.2 Å². The number of ether oxygens (including phenoxy) is 1. The third-order valence-corrected chi connectivity index (χ3v) is 4.04. The van der Waals surface area contributed by atoms with Crippen molar-refractivity contribution in [3.63, 3.8) is 0 Å². The van der Waals surface area contributed by atoms with E-state index in [1.165, 1.54) is 17.7 Å². The van der Waals surface area contributed by atoms with E-state index in [1.54, 1.807) is 6.21 Å². The molecule has 1 amide bonds. The van der Waals surface area contributed by atoms with Crippen LogP contribution < -0.4 is 10.2 Å². The summed E-state index contributed by atoms with van der Waals surface area (Å²) in [5.74, 6) is -0.109. The average Bonchev–Trinajstić information content (AvgIpc) is 2.57. The first-order valence-corrected chi connectivity index (χ1v) is 8.31. The molecule has 2 aromatic rings. The van der Waals surface area contributed by atoms with Gasteiger partial charge >= 0.3 is 0 Å². The molecular weight excluding hydrogens is 371 g/mol. The van der Waals surface area contributed by atoms with E-state index in [1.807, 2.05) is 30.3 Å². The van der Waals surface area contributed by atoms with Crippen molar-refractivity contribution >= 4 is 46.9 Å². The molecule has 0 saturated heterocycles. The summed E-state index contributed by atoms with van der Waals surface area (Å²) in [6.07, 6.45) is 3.23. The highest BCUT2D eigenvalue weighted by atomic mass is 35.5. The van der Waals surface area contributed by atoms with E-state index in [9.17, 15) is 4.79 Å². The molecule has 0 aliphatic carbocycles. The van der Waals surface area contributed by atoms with Gasteiger partial charge in [0.15, 0.2) is 6.61 Å². The number of nitrogens with one attached hydrogen (secondary N) is 1. The predicted octanol–water partition coefficient (Wildman–Crippen LogP) is 4.76. The van der Waals surface area contributed by atoms with Gasteiger partial charge in [-0.05, 0) is 24.5 Å². The fraction of sp³-hybridized carbons (Fsp3) is 0.176. The fourth-order valence-electron chi connectivity index (χ4n) is 1.85. The Hall–Kier alpha value is -1.75. The lowest BCUT2D eigenvalue weighted by Crippen LogP contribution is -2.24. The lowest BCUT2D eigenvalue weighted by molar-refractivity contribution is -0.123. The number of carbonyl (C=O) groups is 1. The number of halogens is 3. The Bertz CT molecular complexity index is 721. The zero-order valence-corrected chi connectivity index (χ0v) is 14.9. The summed E-state index contributed by atoms with van der Waals surface area (Å²) in [6.45, 7) is -0.228. The van der Waals surface area contributed by atoms with Crippen molar-refractivity contribution < 1.29 is 9.53 Å². The van der Waals surface area contributed by atoms with E-state index >= 15 is 0 Å². The monoisotopic (exact) mass is 384 g/mol. The van der Waals surface area contributed by atoms with Crippen LogP contribution in [-0.4, -0.2) is 18.7 Å². The normalized spacial score (nSPS) is 10.8. The van der Waals surface area contributed by atoms with Crippen LogP contribution in [0.15, 0.2) is 47.6 Å². The van der Waals surface area contributed by atoms with Crippen molar-refractivity contribution in [1.29, 1.82) is 0 Å². The van der Waals surface area contributed by atoms with Gasteiger partial charge in [0.05, 0.1) is 15.1 Å². The van der Waals surface area contributed by atoms with Crippen LogP contribution in [0.4, 0.5) is 0 Å². The lowest BCUT2D eigenvalue weighted by atomic mass is 10.1. The second-order valence-electron chi connectivity index (χ2n) is 4.86. The Labute approximate surface area is 155 Å². The van der Waals surface area contributed by atoms with Crippen molar-refractivity contribution in [1.82, 2.24) is 5.43 Å². The molecule has 0 bridgehead atoms. The van der Waals surface area contributed by atoms with Gasteiger partial charge in [-0.1, -0.05) is 65.1 Å². The van der Waals surface area contributed by atoms with E-state index in [4.69, 9.17) is 39.5 Å². The minimum atomic E-state index is -0.395. The highest BCUT2D eigenvalue weighted by Gasteiger charge is 2.09. The van der Waals surface area contributed by atoms with Crippen molar-refractivity contribution in [3.8, 4) is 5.75 Å². The van der Waals surface area contributed by atoms with E-state index in [-0.39, 0.29) is 17.4 Å². The van der Waals surface area contributed by atoms with Gasteiger partial charge in [0.25, 0.3) is 5.91 Å². The molecule has 0 aliphatic heterocycles. The SMILES string of the molecule is O=C(COc1cc(Cl)c(Cl)cc1Cl)NN=CCCc1ccccc1. The second kappa shape index (κ2) is 9.52. The summed E-state index contributed by atoms with van der Waals surface area (Å²) in [5, 5.41) is 4.77. The smallest absolute Gasteiger partial charge is 0.277 e. The van der Waals surface area contributed by atoms with Crippen LogP contribution in [0.2, 0.25) is 15.1 Å². The molecule has 0 fully saturated rings. The quantitative estimate of drug-likeness (QED) is 0.424. The highest BCUT2D eigenvalue weighted by molar-refractivity contribution is 6.43. The summed E-state index contributed by atoms with van der Waals surface area (Å²) in [4.78, 5) is 11.7. The maximum Gasteiger partial charge on any atom is 0.277 e. The largest absolute Gasteiger partial charge is 0.482 e. The number of hydrogen-bond donors (Lipinski definition) is 1. The third-order valence-electron chi connectivity index (χ3n) is 3.02. The van der Waals surface area contributed by atoms with Crippen LogP contribution in [0.1, 0.15) is 12.0 Å². The summed E-state index contributed by atoms with van der Waals surface area (Å²) in [5.41, 5.74) is 3.60. The Morgan fingerprint density at radius 2 is 1.79 bits per heavy atom. The van der Waals surface area contributed by atoms with Gasteiger partial charge < -0.3 is 4.74 Å². The lowest BCUT2D eigenvalue weighted by Gasteiger charge is -2.08. The van der Waals surface area contributed by atoms with E-state index in [0.717, 1.165) is 12.8 Å². The molecule has 4 nitrogen and oxygen atoms in total.